The zero-order chi connectivity index (χ0) is 39.3. The molecule has 1 amide bonds. The molecule has 0 saturated carbocycles. The van der Waals surface area contributed by atoms with Crippen LogP contribution >= 0.6 is 0 Å². The van der Waals surface area contributed by atoms with Crippen LogP contribution in [0.4, 0.5) is 0 Å². The molecule has 4 nitrogen and oxygen atoms in total. The van der Waals surface area contributed by atoms with Crippen LogP contribution in [-0.2, 0) is 4.79 Å². The number of aliphatic hydroxyl groups excluding tert-OH is 2. The van der Waals surface area contributed by atoms with E-state index in [4.69, 9.17) is 0 Å². The van der Waals surface area contributed by atoms with Gasteiger partial charge in [0.1, 0.15) is 0 Å². The Morgan fingerprint density at radius 1 is 0.463 bits per heavy atom. The molecule has 0 spiro atoms. The van der Waals surface area contributed by atoms with Crippen molar-refractivity contribution in [3.05, 3.63) is 48.6 Å². The molecule has 0 bridgehead atoms. The summed E-state index contributed by atoms with van der Waals surface area (Å²) in [6, 6.07) is -0.551. The van der Waals surface area contributed by atoms with Gasteiger partial charge in [-0.25, -0.2) is 0 Å². The Balaban J connectivity index is 3.51. The third-order valence-electron chi connectivity index (χ3n) is 10.9. The third-order valence-corrected chi connectivity index (χ3v) is 10.9. The minimum absolute atomic E-state index is 0.0538. The van der Waals surface area contributed by atoms with Crippen LogP contribution in [0.15, 0.2) is 48.6 Å². The number of aliphatic hydroxyl groups is 2. The molecule has 0 aromatic carbocycles. The summed E-state index contributed by atoms with van der Waals surface area (Å²) < 4.78 is 0. The molecule has 3 N–H and O–H groups in total. The van der Waals surface area contributed by atoms with Gasteiger partial charge in [-0.2, -0.15) is 0 Å². The lowest BCUT2D eigenvalue weighted by Gasteiger charge is -2.22. The first-order chi connectivity index (χ1) is 26.7. The maximum atomic E-state index is 12.4. The number of hydrogen-bond acceptors (Lipinski definition) is 3. The first kappa shape index (κ1) is 52.3. The van der Waals surface area contributed by atoms with Crippen LogP contribution in [0.2, 0.25) is 0 Å². The van der Waals surface area contributed by atoms with Gasteiger partial charge >= 0.3 is 0 Å². The van der Waals surface area contributed by atoms with Crippen LogP contribution < -0.4 is 5.32 Å². The number of carbonyl (C=O) groups is 1. The fraction of sp³-hybridized carbons (Fsp3) is 0.820. The molecule has 0 saturated heterocycles. The second-order valence-electron chi connectivity index (χ2n) is 16.2. The summed E-state index contributed by atoms with van der Waals surface area (Å²) in [6.45, 7) is 4.25. The zero-order valence-electron chi connectivity index (χ0n) is 36.2. The van der Waals surface area contributed by atoms with Crippen molar-refractivity contribution < 1.29 is 15.0 Å². The summed E-state index contributed by atoms with van der Waals surface area (Å²) >= 11 is 0. The molecule has 54 heavy (non-hydrogen) atoms. The fourth-order valence-electron chi connectivity index (χ4n) is 7.24. The van der Waals surface area contributed by atoms with Gasteiger partial charge in [-0.15, -0.1) is 0 Å². The molecule has 0 aliphatic heterocycles. The summed E-state index contributed by atoms with van der Waals surface area (Å²) in [5, 5.41) is 23.2. The highest BCUT2D eigenvalue weighted by atomic mass is 16.3. The van der Waals surface area contributed by atoms with E-state index in [1.54, 1.807) is 0 Å². The van der Waals surface area contributed by atoms with Crippen molar-refractivity contribution in [2.24, 2.45) is 0 Å². The van der Waals surface area contributed by atoms with Crippen molar-refractivity contribution in [2.75, 3.05) is 6.61 Å². The van der Waals surface area contributed by atoms with E-state index in [9.17, 15) is 15.0 Å². The summed E-state index contributed by atoms with van der Waals surface area (Å²) in [5.41, 5.74) is 0. The van der Waals surface area contributed by atoms with Crippen molar-refractivity contribution in [1.29, 1.82) is 0 Å². The molecular formula is C50H93NO3. The van der Waals surface area contributed by atoms with E-state index in [0.29, 0.717) is 12.8 Å². The van der Waals surface area contributed by atoms with E-state index >= 15 is 0 Å². The highest BCUT2D eigenvalue weighted by Gasteiger charge is 2.20. The van der Waals surface area contributed by atoms with Crippen LogP contribution in [0.1, 0.15) is 245 Å². The number of hydrogen-bond donors (Lipinski definition) is 3. The predicted octanol–water partition coefficient (Wildman–Crippen LogP) is 15.1. The van der Waals surface area contributed by atoms with Gasteiger partial charge in [-0.1, -0.05) is 236 Å². The lowest BCUT2D eigenvalue weighted by molar-refractivity contribution is -0.123. The van der Waals surface area contributed by atoms with E-state index < -0.39 is 12.1 Å². The average Bonchev–Trinajstić information content (AvgIpc) is 3.18. The molecule has 0 heterocycles. The Kier molecular flexibility index (Phi) is 44.3. The standard InChI is InChI=1S/C50H93NO3/c1-3-5-7-9-11-13-15-17-19-21-22-23-24-25-26-27-28-30-31-33-35-37-39-41-43-45-49(53)48(47-52)51-50(54)46-44-42-40-38-36-34-32-29-20-18-16-14-12-10-8-6-4-2/h6,8,12,14,18,20,32,34,48-49,52-53H,3-5,7,9-11,13,15-17,19,21-31,33,35-47H2,1-2H3,(H,51,54)/b8-6-,14-12-,20-18-,34-32-. The van der Waals surface area contributed by atoms with E-state index in [1.165, 1.54) is 148 Å². The van der Waals surface area contributed by atoms with Crippen molar-refractivity contribution in [1.82, 2.24) is 5.32 Å². The Labute approximate surface area is 337 Å². The van der Waals surface area contributed by atoms with Gasteiger partial charge in [0.15, 0.2) is 0 Å². The van der Waals surface area contributed by atoms with E-state index in [2.05, 4.69) is 67.8 Å². The molecule has 0 aliphatic rings. The summed E-state index contributed by atoms with van der Waals surface area (Å²) in [5.74, 6) is -0.0538. The van der Waals surface area contributed by atoms with E-state index in [0.717, 1.165) is 70.6 Å². The first-order valence-corrected chi connectivity index (χ1v) is 23.8. The molecule has 316 valence electrons. The highest BCUT2D eigenvalue weighted by molar-refractivity contribution is 5.76. The van der Waals surface area contributed by atoms with Crippen molar-refractivity contribution in [3.8, 4) is 0 Å². The van der Waals surface area contributed by atoms with E-state index in [-0.39, 0.29) is 12.5 Å². The molecule has 4 heteroatoms. The SMILES string of the molecule is CC/C=C\C/C=C\C/C=C\C/C=C\CCCCCCC(=O)NC(CO)C(O)CCCCCCCCCCCCCCCCCCCCCCCCCCC. The van der Waals surface area contributed by atoms with Crippen LogP contribution in [0.5, 0.6) is 0 Å². The maximum absolute atomic E-state index is 12.4. The molecule has 0 aromatic rings. The second kappa shape index (κ2) is 45.7. The number of amides is 1. The average molecular weight is 756 g/mol. The number of unbranched alkanes of at least 4 members (excludes halogenated alkanes) is 28. The monoisotopic (exact) mass is 756 g/mol. The van der Waals surface area contributed by atoms with Crippen LogP contribution in [0, 0.1) is 0 Å². The number of rotatable bonds is 43. The first-order valence-electron chi connectivity index (χ1n) is 23.8. The van der Waals surface area contributed by atoms with E-state index in [1.807, 2.05) is 0 Å². The zero-order valence-corrected chi connectivity index (χ0v) is 36.2. The minimum atomic E-state index is -0.672. The lowest BCUT2D eigenvalue weighted by atomic mass is 10.0. The number of allylic oxidation sites excluding steroid dienone is 8. The Morgan fingerprint density at radius 3 is 1.22 bits per heavy atom. The van der Waals surface area contributed by atoms with Gasteiger partial charge in [0.2, 0.25) is 5.91 Å². The Morgan fingerprint density at radius 2 is 0.815 bits per heavy atom. The molecule has 0 radical (unpaired) electrons. The summed E-state index contributed by atoms with van der Waals surface area (Å²) in [7, 11) is 0. The molecule has 2 unspecified atom stereocenters. The van der Waals surface area contributed by atoms with Crippen molar-refractivity contribution in [2.45, 2.75) is 257 Å². The molecule has 2 atom stereocenters. The second-order valence-corrected chi connectivity index (χ2v) is 16.2. The molecule has 0 fully saturated rings. The van der Waals surface area contributed by atoms with Gasteiger partial charge in [-0.05, 0) is 51.4 Å². The summed E-state index contributed by atoms with van der Waals surface area (Å²) in [6.07, 6.45) is 62.1. The predicted molar refractivity (Wildman–Crippen MR) is 239 cm³/mol. The van der Waals surface area contributed by atoms with Gasteiger partial charge in [0.25, 0.3) is 0 Å². The quantitative estimate of drug-likeness (QED) is 0.0429. The minimum Gasteiger partial charge on any atom is -0.394 e. The smallest absolute Gasteiger partial charge is 0.220 e. The number of nitrogens with one attached hydrogen (secondary N) is 1. The van der Waals surface area contributed by atoms with Crippen molar-refractivity contribution >= 4 is 5.91 Å². The summed E-state index contributed by atoms with van der Waals surface area (Å²) in [4.78, 5) is 12.4. The van der Waals surface area contributed by atoms with Gasteiger partial charge in [-0.3, -0.25) is 4.79 Å². The third kappa shape index (κ3) is 41.5. The van der Waals surface area contributed by atoms with Crippen molar-refractivity contribution in [3.63, 3.8) is 0 Å². The van der Waals surface area contributed by atoms with Gasteiger partial charge < -0.3 is 15.5 Å². The topological polar surface area (TPSA) is 69.6 Å². The fourth-order valence-corrected chi connectivity index (χ4v) is 7.24. The molecule has 0 aliphatic carbocycles. The number of carbonyl (C=O) groups excluding carboxylic acids is 1. The Bertz CT molecular complexity index is 862. The molecule has 0 rings (SSSR count). The lowest BCUT2D eigenvalue weighted by Crippen LogP contribution is -2.45. The largest absolute Gasteiger partial charge is 0.394 e. The normalized spacial score (nSPS) is 13.3. The van der Waals surface area contributed by atoms with Gasteiger partial charge in [0, 0.05) is 6.42 Å². The van der Waals surface area contributed by atoms with Crippen LogP contribution in [0.25, 0.3) is 0 Å². The molecule has 0 aromatic heterocycles. The van der Waals surface area contributed by atoms with Crippen LogP contribution in [-0.4, -0.2) is 34.9 Å². The molecular weight excluding hydrogens is 663 g/mol. The Hall–Kier alpha value is -1.65. The maximum Gasteiger partial charge on any atom is 0.220 e. The van der Waals surface area contributed by atoms with Crippen LogP contribution in [0.3, 0.4) is 0 Å². The highest BCUT2D eigenvalue weighted by Crippen LogP contribution is 2.17. The van der Waals surface area contributed by atoms with Gasteiger partial charge in [0.05, 0.1) is 18.8 Å².